The van der Waals surface area contributed by atoms with E-state index < -0.39 is 0 Å². The summed E-state index contributed by atoms with van der Waals surface area (Å²) in [5, 5.41) is 6.22. The van der Waals surface area contributed by atoms with E-state index in [4.69, 9.17) is 0 Å². The Morgan fingerprint density at radius 2 is 2.08 bits per heavy atom. The van der Waals surface area contributed by atoms with Crippen LogP contribution in [-0.4, -0.2) is 25.0 Å². The van der Waals surface area contributed by atoms with Crippen molar-refractivity contribution >= 4 is 5.91 Å². The highest BCUT2D eigenvalue weighted by molar-refractivity contribution is 5.76. The van der Waals surface area contributed by atoms with Gasteiger partial charge in [-0.2, -0.15) is 0 Å². The summed E-state index contributed by atoms with van der Waals surface area (Å²) in [6.07, 6.45) is 6.98. The molecule has 3 heteroatoms. The summed E-state index contributed by atoms with van der Waals surface area (Å²) in [7, 11) is 0. The van der Waals surface area contributed by atoms with Crippen LogP contribution < -0.4 is 10.6 Å². The number of rotatable bonds is 3. The molecule has 0 aromatic carbocycles. The van der Waals surface area contributed by atoms with Crippen LogP contribution in [0.3, 0.4) is 0 Å². The molecule has 0 atom stereocenters. The van der Waals surface area contributed by atoms with E-state index in [2.05, 4.69) is 22.8 Å². The van der Waals surface area contributed by atoms with Crippen molar-refractivity contribution in [2.75, 3.05) is 13.1 Å². The summed E-state index contributed by atoms with van der Waals surface area (Å²) in [6, 6.07) is 0.375. The summed E-state index contributed by atoms with van der Waals surface area (Å²) in [5.41, 5.74) is 0. The third-order valence-corrected chi connectivity index (χ3v) is 2.71. The molecular weight excluding hydrogens is 164 g/mol. The van der Waals surface area contributed by atoms with Crippen LogP contribution in [0.5, 0.6) is 0 Å². The first-order valence-electron chi connectivity index (χ1n) is 4.99. The molecule has 1 aliphatic heterocycles. The fraction of sp³-hybridized carbons (Fsp3) is 0.700. The van der Waals surface area contributed by atoms with Crippen molar-refractivity contribution in [2.45, 2.75) is 25.3 Å². The Kier molecular flexibility index (Phi) is 2.64. The maximum atomic E-state index is 11.4. The van der Waals surface area contributed by atoms with Crippen molar-refractivity contribution in [3.05, 3.63) is 12.2 Å². The van der Waals surface area contributed by atoms with Crippen LogP contribution in [0.4, 0.5) is 0 Å². The van der Waals surface area contributed by atoms with Gasteiger partial charge in [0.2, 0.25) is 5.91 Å². The lowest BCUT2D eigenvalue weighted by molar-refractivity contribution is -0.123. The normalized spacial score (nSPS) is 23.1. The zero-order valence-corrected chi connectivity index (χ0v) is 7.75. The predicted molar refractivity (Wildman–Crippen MR) is 51.3 cm³/mol. The first-order valence-corrected chi connectivity index (χ1v) is 4.99. The molecule has 0 spiro atoms. The van der Waals surface area contributed by atoms with Gasteiger partial charge in [0.05, 0.1) is 0 Å². The molecule has 0 aromatic heterocycles. The van der Waals surface area contributed by atoms with E-state index in [-0.39, 0.29) is 5.91 Å². The van der Waals surface area contributed by atoms with Gasteiger partial charge in [-0.1, -0.05) is 12.2 Å². The second kappa shape index (κ2) is 3.92. The Morgan fingerprint density at radius 3 is 2.62 bits per heavy atom. The SMILES string of the molecule is O=C(CC1CNC1)NC1CC=CC1. The molecule has 1 aliphatic carbocycles. The highest BCUT2D eigenvalue weighted by Gasteiger charge is 2.21. The Bertz CT molecular complexity index is 213. The molecule has 1 fully saturated rings. The second-order valence-corrected chi connectivity index (χ2v) is 3.94. The first-order chi connectivity index (χ1) is 6.34. The average Bonchev–Trinajstić information content (AvgIpc) is 2.49. The molecule has 1 amide bonds. The molecule has 3 nitrogen and oxygen atoms in total. The van der Waals surface area contributed by atoms with Crippen LogP contribution in [-0.2, 0) is 4.79 Å². The molecule has 2 N–H and O–H groups in total. The molecule has 2 rings (SSSR count). The second-order valence-electron chi connectivity index (χ2n) is 3.94. The summed E-state index contributed by atoms with van der Waals surface area (Å²) < 4.78 is 0. The third kappa shape index (κ3) is 2.31. The first kappa shape index (κ1) is 8.75. The lowest BCUT2D eigenvalue weighted by atomic mass is 9.99. The van der Waals surface area contributed by atoms with Gasteiger partial charge in [0.1, 0.15) is 0 Å². The third-order valence-electron chi connectivity index (χ3n) is 2.71. The molecular formula is C10H16N2O. The average molecular weight is 180 g/mol. The fourth-order valence-electron chi connectivity index (χ4n) is 1.78. The fourth-order valence-corrected chi connectivity index (χ4v) is 1.78. The van der Waals surface area contributed by atoms with Gasteiger partial charge in [-0.15, -0.1) is 0 Å². The van der Waals surface area contributed by atoms with Gasteiger partial charge in [0.15, 0.2) is 0 Å². The van der Waals surface area contributed by atoms with Crippen LogP contribution in [0.25, 0.3) is 0 Å². The molecule has 0 bridgehead atoms. The summed E-state index contributed by atoms with van der Waals surface area (Å²) in [6.45, 7) is 2.02. The quantitative estimate of drug-likeness (QED) is 0.618. The van der Waals surface area contributed by atoms with Gasteiger partial charge in [-0.3, -0.25) is 4.79 Å². The summed E-state index contributed by atoms with van der Waals surface area (Å²) in [5.74, 6) is 0.801. The van der Waals surface area contributed by atoms with E-state index in [1.165, 1.54) is 0 Å². The van der Waals surface area contributed by atoms with Gasteiger partial charge in [-0.25, -0.2) is 0 Å². The molecule has 0 unspecified atom stereocenters. The van der Waals surface area contributed by atoms with Crippen molar-refractivity contribution in [3.8, 4) is 0 Å². The van der Waals surface area contributed by atoms with Crippen LogP contribution in [0, 0.1) is 5.92 Å². The Labute approximate surface area is 78.6 Å². The Hall–Kier alpha value is -0.830. The molecule has 13 heavy (non-hydrogen) atoms. The number of carbonyl (C=O) groups is 1. The van der Waals surface area contributed by atoms with Crippen LogP contribution in [0.2, 0.25) is 0 Å². The maximum absolute atomic E-state index is 11.4. The number of amides is 1. The Morgan fingerprint density at radius 1 is 1.38 bits per heavy atom. The monoisotopic (exact) mass is 180 g/mol. The van der Waals surface area contributed by atoms with Crippen molar-refractivity contribution in [1.29, 1.82) is 0 Å². The van der Waals surface area contributed by atoms with Crippen LogP contribution >= 0.6 is 0 Å². The largest absolute Gasteiger partial charge is 0.353 e. The van der Waals surface area contributed by atoms with Crippen LogP contribution in [0.1, 0.15) is 19.3 Å². The number of carbonyl (C=O) groups excluding carboxylic acids is 1. The molecule has 1 saturated heterocycles. The van der Waals surface area contributed by atoms with E-state index in [1.807, 2.05) is 0 Å². The van der Waals surface area contributed by atoms with E-state index in [0.29, 0.717) is 18.4 Å². The lowest BCUT2D eigenvalue weighted by Crippen LogP contribution is -2.45. The zero-order chi connectivity index (χ0) is 9.10. The molecule has 0 radical (unpaired) electrons. The van der Waals surface area contributed by atoms with Gasteiger partial charge >= 0.3 is 0 Å². The number of hydrogen-bond donors (Lipinski definition) is 2. The number of hydrogen-bond acceptors (Lipinski definition) is 2. The Balaban J connectivity index is 1.65. The van der Waals surface area contributed by atoms with Crippen molar-refractivity contribution in [3.63, 3.8) is 0 Å². The van der Waals surface area contributed by atoms with Gasteiger partial charge in [-0.05, 0) is 31.8 Å². The zero-order valence-electron chi connectivity index (χ0n) is 7.75. The lowest BCUT2D eigenvalue weighted by Gasteiger charge is -2.26. The van der Waals surface area contributed by atoms with Gasteiger partial charge < -0.3 is 10.6 Å². The van der Waals surface area contributed by atoms with Crippen molar-refractivity contribution in [2.24, 2.45) is 5.92 Å². The van der Waals surface area contributed by atoms with Crippen LogP contribution in [0.15, 0.2) is 12.2 Å². The topological polar surface area (TPSA) is 41.1 Å². The minimum atomic E-state index is 0.222. The predicted octanol–water partition coefficient (Wildman–Crippen LogP) is 0.431. The molecule has 1 heterocycles. The van der Waals surface area contributed by atoms with E-state index in [1.54, 1.807) is 0 Å². The standard InChI is InChI=1S/C10H16N2O/c13-10(5-8-6-11-7-8)12-9-3-1-2-4-9/h1-2,8-9,11H,3-7H2,(H,12,13). The van der Waals surface area contributed by atoms with Crippen molar-refractivity contribution in [1.82, 2.24) is 10.6 Å². The minimum absolute atomic E-state index is 0.222. The molecule has 0 aromatic rings. The summed E-state index contributed by atoms with van der Waals surface area (Å²) >= 11 is 0. The van der Waals surface area contributed by atoms with E-state index in [9.17, 15) is 4.79 Å². The number of nitrogens with one attached hydrogen (secondary N) is 2. The van der Waals surface area contributed by atoms with Gasteiger partial charge in [0.25, 0.3) is 0 Å². The molecule has 2 aliphatic rings. The smallest absolute Gasteiger partial charge is 0.220 e. The minimum Gasteiger partial charge on any atom is -0.353 e. The highest BCUT2D eigenvalue weighted by Crippen LogP contribution is 2.11. The highest BCUT2D eigenvalue weighted by atomic mass is 16.1. The maximum Gasteiger partial charge on any atom is 0.220 e. The molecule has 0 saturated carbocycles. The molecule has 72 valence electrons. The van der Waals surface area contributed by atoms with E-state index in [0.717, 1.165) is 25.9 Å². The van der Waals surface area contributed by atoms with Crippen molar-refractivity contribution < 1.29 is 4.79 Å². The van der Waals surface area contributed by atoms with E-state index >= 15 is 0 Å². The van der Waals surface area contributed by atoms with Gasteiger partial charge in [0, 0.05) is 12.5 Å². The summed E-state index contributed by atoms with van der Waals surface area (Å²) in [4.78, 5) is 11.4.